The average molecular weight is 311 g/mol. The Labute approximate surface area is 132 Å². The first kappa shape index (κ1) is 15.1. The number of aromatic nitrogens is 4. The minimum atomic E-state index is -0.233. The molecule has 3 aromatic rings. The lowest BCUT2D eigenvalue weighted by molar-refractivity contribution is 0.0949. The maximum atomic E-state index is 12.4. The molecule has 0 aliphatic carbocycles. The van der Waals surface area contributed by atoms with E-state index in [1.165, 1.54) is 0 Å². The molecule has 7 nitrogen and oxygen atoms in total. The van der Waals surface area contributed by atoms with Crippen molar-refractivity contribution in [2.24, 2.45) is 0 Å². The summed E-state index contributed by atoms with van der Waals surface area (Å²) in [6.45, 7) is 2.06. The van der Waals surface area contributed by atoms with Crippen LogP contribution in [-0.2, 0) is 0 Å². The Kier molecular flexibility index (Phi) is 4.29. The summed E-state index contributed by atoms with van der Waals surface area (Å²) in [5, 5.41) is 12.4. The molecule has 1 unspecified atom stereocenters. The number of aromatic amines is 1. The molecule has 0 bridgehead atoms. The number of carbonyl (C=O) groups is 1. The number of aliphatic hydroxyl groups excluding tert-OH is 1. The van der Waals surface area contributed by atoms with Crippen molar-refractivity contribution in [3.63, 3.8) is 0 Å². The van der Waals surface area contributed by atoms with Gasteiger partial charge < -0.3 is 15.4 Å². The maximum absolute atomic E-state index is 12.4. The summed E-state index contributed by atoms with van der Waals surface area (Å²) in [5.74, 6) is 0.271. The van der Waals surface area contributed by atoms with E-state index in [9.17, 15) is 9.90 Å². The Balaban J connectivity index is 1.76. The highest BCUT2D eigenvalue weighted by atomic mass is 16.3. The van der Waals surface area contributed by atoms with Crippen molar-refractivity contribution in [1.29, 1.82) is 0 Å². The molecule has 0 saturated carbocycles. The SMILES string of the molecule is Cc1nc2nccc(C(=O)NCC(CO)c3cccnc3)c2[nH]1. The van der Waals surface area contributed by atoms with Crippen molar-refractivity contribution in [3.8, 4) is 0 Å². The van der Waals surface area contributed by atoms with Crippen LogP contribution >= 0.6 is 0 Å². The fourth-order valence-electron chi connectivity index (χ4n) is 2.43. The quantitative estimate of drug-likeness (QED) is 0.656. The van der Waals surface area contributed by atoms with E-state index in [1.54, 1.807) is 30.7 Å². The van der Waals surface area contributed by atoms with Gasteiger partial charge in [0.15, 0.2) is 5.65 Å². The molecule has 0 aliphatic rings. The van der Waals surface area contributed by atoms with Crippen LogP contribution in [0.5, 0.6) is 0 Å². The van der Waals surface area contributed by atoms with Crippen LogP contribution in [0.2, 0.25) is 0 Å². The number of hydrogen-bond acceptors (Lipinski definition) is 5. The molecule has 0 spiro atoms. The summed E-state index contributed by atoms with van der Waals surface area (Å²) in [6, 6.07) is 5.33. The van der Waals surface area contributed by atoms with Gasteiger partial charge in [0.2, 0.25) is 0 Å². The van der Waals surface area contributed by atoms with Crippen LogP contribution in [0.25, 0.3) is 11.2 Å². The van der Waals surface area contributed by atoms with Crippen LogP contribution in [0.15, 0.2) is 36.8 Å². The van der Waals surface area contributed by atoms with Gasteiger partial charge in [-0.3, -0.25) is 9.78 Å². The number of aryl methyl sites for hydroxylation is 1. The van der Waals surface area contributed by atoms with Crippen LogP contribution in [0.4, 0.5) is 0 Å². The normalized spacial score (nSPS) is 12.3. The van der Waals surface area contributed by atoms with E-state index in [-0.39, 0.29) is 18.4 Å². The third-order valence-electron chi connectivity index (χ3n) is 3.64. The number of nitrogens with zero attached hydrogens (tertiary/aromatic N) is 3. The molecule has 1 amide bonds. The van der Waals surface area contributed by atoms with E-state index in [2.05, 4.69) is 25.3 Å². The van der Waals surface area contributed by atoms with Crippen LogP contribution in [-0.4, -0.2) is 44.1 Å². The van der Waals surface area contributed by atoms with Gasteiger partial charge in [-0.25, -0.2) is 9.97 Å². The molecule has 0 radical (unpaired) electrons. The molecule has 0 saturated heterocycles. The van der Waals surface area contributed by atoms with Gasteiger partial charge in [-0.2, -0.15) is 0 Å². The first-order valence-corrected chi connectivity index (χ1v) is 7.29. The van der Waals surface area contributed by atoms with E-state index in [4.69, 9.17) is 0 Å². The third-order valence-corrected chi connectivity index (χ3v) is 3.64. The van der Waals surface area contributed by atoms with E-state index < -0.39 is 0 Å². The van der Waals surface area contributed by atoms with Gasteiger partial charge in [-0.05, 0) is 24.6 Å². The molecule has 0 aliphatic heterocycles. The molecular weight excluding hydrogens is 294 g/mol. The van der Waals surface area contributed by atoms with Crippen molar-refractivity contribution in [3.05, 3.63) is 53.7 Å². The summed E-state index contributed by atoms with van der Waals surface area (Å²) < 4.78 is 0. The summed E-state index contributed by atoms with van der Waals surface area (Å²) in [6.07, 6.45) is 4.92. The highest BCUT2D eigenvalue weighted by Crippen LogP contribution is 2.15. The van der Waals surface area contributed by atoms with Gasteiger partial charge in [0, 0.05) is 31.1 Å². The van der Waals surface area contributed by atoms with Gasteiger partial charge in [-0.15, -0.1) is 0 Å². The molecule has 7 heteroatoms. The topological polar surface area (TPSA) is 104 Å². The lowest BCUT2D eigenvalue weighted by Gasteiger charge is -2.15. The second kappa shape index (κ2) is 6.53. The zero-order valence-corrected chi connectivity index (χ0v) is 12.7. The smallest absolute Gasteiger partial charge is 0.253 e. The number of pyridine rings is 2. The van der Waals surface area contributed by atoms with Crippen LogP contribution in [0.1, 0.15) is 27.7 Å². The number of hydrogen-bond donors (Lipinski definition) is 3. The molecule has 3 rings (SSSR count). The van der Waals surface area contributed by atoms with Gasteiger partial charge in [0.05, 0.1) is 17.7 Å². The average Bonchev–Trinajstić information content (AvgIpc) is 2.96. The van der Waals surface area contributed by atoms with Gasteiger partial charge >= 0.3 is 0 Å². The summed E-state index contributed by atoms with van der Waals surface area (Å²) in [5.41, 5.74) is 2.50. The fourth-order valence-corrected chi connectivity index (χ4v) is 2.43. The van der Waals surface area contributed by atoms with E-state index >= 15 is 0 Å². The standard InChI is InChI=1S/C16H17N5O2/c1-10-20-14-13(4-6-18-15(14)21-10)16(23)19-8-12(9-22)11-3-2-5-17-7-11/h2-7,12,22H,8-9H2,1H3,(H,19,23)(H,18,20,21). The molecule has 0 aromatic carbocycles. The van der Waals surface area contributed by atoms with Crippen LogP contribution in [0, 0.1) is 6.92 Å². The van der Waals surface area contributed by atoms with E-state index in [0.29, 0.717) is 29.1 Å². The van der Waals surface area contributed by atoms with Crippen molar-refractivity contribution in [1.82, 2.24) is 25.3 Å². The second-order valence-corrected chi connectivity index (χ2v) is 5.26. The molecule has 3 heterocycles. The Hall–Kier alpha value is -2.80. The molecule has 0 fully saturated rings. The largest absolute Gasteiger partial charge is 0.396 e. The molecule has 3 N–H and O–H groups in total. The second-order valence-electron chi connectivity index (χ2n) is 5.26. The predicted octanol–water partition coefficient (Wildman–Crippen LogP) is 1.17. The Morgan fingerprint density at radius 2 is 2.26 bits per heavy atom. The number of H-pyrrole nitrogens is 1. The number of amides is 1. The minimum Gasteiger partial charge on any atom is -0.396 e. The number of rotatable bonds is 5. The lowest BCUT2D eigenvalue weighted by Crippen LogP contribution is -2.30. The highest BCUT2D eigenvalue weighted by Gasteiger charge is 2.16. The molecule has 118 valence electrons. The number of imidazole rings is 1. The molecule has 23 heavy (non-hydrogen) atoms. The minimum absolute atomic E-state index is 0.0686. The zero-order valence-electron chi connectivity index (χ0n) is 12.7. The first-order valence-electron chi connectivity index (χ1n) is 7.29. The van der Waals surface area contributed by atoms with Crippen molar-refractivity contribution < 1.29 is 9.90 Å². The van der Waals surface area contributed by atoms with Crippen LogP contribution < -0.4 is 5.32 Å². The van der Waals surface area contributed by atoms with Crippen molar-refractivity contribution in [2.45, 2.75) is 12.8 Å². The van der Waals surface area contributed by atoms with E-state index in [1.807, 2.05) is 13.0 Å². The number of aliphatic hydroxyl groups is 1. The summed E-state index contributed by atoms with van der Waals surface area (Å²) in [4.78, 5) is 27.9. The monoisotopic (exact) mass is 311 g/mol. The number of nitrogens with one attached hydrogen (secondary N) is 2. The van der Waals surface area contributed by atoms with Crippen molar-refractivity contribution in [2.75, 3.05) is 13.2 Å². The fraction of sp³-hybridized carbons (Fsp3) is 0.250. The Bertz CT molecular complexity index is 816. The maximum Gasteiger partial charge on any atom is 0.253 e. The predicted molar refractivity (Wildman–Crippen MR) is 85.0 cm³/mol. The lowest BCUT2D eigenvalue weighted by atomic mass is 10.0. The van der Waals surface area contributed by atoms with Gasteiger partial charge in [0.1, 0.15) is 5.82 Å². The molecule has 3 aromatic heterocycles. The number of carbonyl (C=O) groups excluding carboxylic acids is 1. The Morgan fingerprint density at radius 1 is 1.39 bits per heavy atom. The summed E-state index contributed by atoms with van der Waals surface area (Å²) in [7, 11) is 0. The first-order chi connectivity index (χ1) is 11.2. The van der Waals surface area contributed by atoms with E-state index in [0.717, 1.165) is 5.56 Å². The van der Waals surface area contributed by atoms with Crippen molar-refractivity contribution >= 4 is 17.1 Å². The Morgan fingerprint density at radius 3 is 3.00 bits per heavy atom. The third kappa shape index (κ3) is 3.19. The van der Waals surface area contributed by atoms with Gasteiger partial charge in [0.25, 0.3) is 5.91 Å². The number of fused-ring (bicyclic) bond motifs is 1. The zero-order chi connectivity index (χ0) is 16.2. The summed E-state index contributed by atoms with van der Waals surface area (Å²) >= 11 is 0. The highest BCUT2D eigenvalue weighted by molar-refractivity contribution is 6.03. The van der Waals surface area contributed by atoms with Gasteiger partial charge in [-0.1, -0.05) is 6.07 Å². The molecular formula is C16H17N5O2. The van der Waals surface area contributed by atoms with Crippen LogP contribution in [0.3, 0.4) is 0 Å². The molecule has 1 atom stereocenters.